The van der Waals surface area contributed by atoms with Crippen molar-refractivity contribution in [2.24, 2.45) is 0 Å². The topological polar surface area (TPSA) is 48.4 Å². The Balaban J connectivity index is 2.51. The van der Waals surface area contributed by atoms with Crippen LogP contribution in [-0.4, -0.2) is 25.2 Å². The number of aromatic nitrogens is 1. The molecule has 0 saturated heterocycles. The zero-order valence-corrected chi connectivity index (χ0v) is 10.5. The molecule has 0 aliphatic rings. The molecule has 1 heterocycles. The van der Waals surface area contributed by atoms with Gasteiger partial charge in [-0.25, -0.2) is 14.2 Å². The van der Waals surface area contributed by atoms with Gasteiger partial charge < -0.3 is 9.47 Å². The number of carbonyl (C=O) groups excluding carboxylic acids is 1. The maximum absolute atomic E-state index is 13.2. The highest BCUT2D eigenvalue weighted by Crippen LogP contribution is 2.25. The molecule has 2 rings (SSSR count). The zero-order valence-electron chi connectivity index (χ0n) is 10.5. The van der Waals surface area contributed by atoms with Crippen LogP contribution in [-0.2, 0) is 4.74 Å². The molecule has 0 saturated carbocycles. The number of pyridine rings is 1. The van der Waals surface area contributed by atoms with Gasteiger partial charge in [-0.1, -0.05) is 12.1 Å². The number of hydrogen-bond donors (Lipinski definition) is 0. The number of carbonyl (C=O) groups is 1. The summed E-state index contributed by atoms with van der Waals surface area (Å²) < 4.78 is 22.8. The third kappa shape index (κ3) is 2.70. The molecule has 1 aromatic carbocycles. The van der Waals surface area contributed by atoms with Gasteiger partial charge in [0.25, 0.3) is 0 Å². The molecule has 0 radical (unpaired) electrons. The van der Waals surface area contributed by atoms with Crippen LogP contribution in [0.25, 0.3) is 11.1 Å². The van der Waals surface area contributed by atoms with E-state index in [1.165, 1.54) is 32.5 Å². The number of esters is 1. The molecular formula is C14H12FNO3. The lowest BCUT2D eigenvalue weighted by atomic mass is 10.1. The average molecular weight is 261 g/mol. The third-order valence-corrected chi connectivity index (χ3v) is 2.61. The highest BCUT2D eigenvalue weighted by Gasteiger charge is 2.15. The van der Waals surface area contributed by atoms with Crippen molar-refractivity contribution < 1.29 is 18.7 Å². The minimum absolute atomic E-state index is 0.173. The Morgan fingerprint density at radius 2 is 2.00 bits per heavy atom. The van der Waals surface area contributed by atoms with Gasteiger partial charge in [-0.3, -0.25) is 0 Å². The number of nitrogens with zero attached hydrogens (tertiary/aromatic N) is 1. The molecule has 0 aliphatic heterocycles. The minimum atomic E-state index is -0.553. The van der Waals surface area contributed by atoms with Crippen molar-refractivity contribution in [3.8, 4) is 17.0 Å². The molecular weight excluding hydrogens is 249 g/mol. The zero-order chi connectivity index (χ0) is 13.8. The fourth-order valence-corrected chi connectivity index (χ4v) is 1.70. The second-order valence-corrected chi connectivity index (χ2v) is 3.78. The van der Waals surface area contributed by atoms with Crippen molar-refractivity contribution in [1.82, 2.24) is 4.98 Å². The van der Waals surface area contributed by atoms with E-state index in [0.29, 0.717) is 11.1 Å². The highest BCUT2D eigenvalue weighted by atomic mass is 19.1. The highest BCUT2D eigenvalue weighted by molar-refractivity contribution is 5.93. The average Bonchev–Trinajstić information content (AvgIpc) is 2.45. The summed E-state index contributed by atoms with van der Waals surface area (Å²) in [7, 11) is 2.69. The summed E-state index contributed by atoms with van der Waals surface area (Å²) in [4.78, 5) is 15.7. The van der Waals surface area contributed by atoms with E-state index in [2.05, 4.69) is 9.72 Å². The summed E-state index contributed by atoms with van der Waals surface area (Å²) in [6.45, 7) is 0. The van der Waals surface area contributed by atoms with Gasteiger partial charge in [0.2, 0.25) is 5.88 Å². The van der Waals surface area contributed by atoms with E-state index in [9.17, 15) is 9.18 Å². The first-order valence-electron chi connectivity index (χ1n) is 5.54. The summed E-state index contributed by atoms with van der Waals surface area (Å²) in [5.74, 6) is -0.734. The van der Waals surface area contributed by atoms with Gasteiger partial charge >= 0.3 is 5.97 Å². The number of hydrogen-bond acceptors (Lipinski definition) is 4. The van der Waals surface area contributed by atoms with Gasteiger partial charge in [-0.15, -0.1) is 0 Å². The van der Waals surface area contributed by atoms with Gasteiger partial charge in [-0.05, 0) is 23.8 Å². The third-order valence-electron chi connectivity index (χ3n) is 2.61. The van der Waals surface area contributed by atoms with E-state index in [1.807, 2.05) is 0 Å². The number of ether oxygens (including phenoxy) is 2. The van der Waals surface area contributed by atoms with Crippen LogP contribution in [0, 0.1) is 5.82 Å². The Kier molecular flexibility index (Phi) is 3.75. The summed E-state index contributed by atoms with van der Waals surface area (Å²) in [5.41, 5.74) is 1.44. The summed E-state index contributed by atoms with van der Waals surface area (Å²) >= 11 is 0. The maximum atomic E-state index is 13.2. The van der Waals surface area contributed by atoms with E-state index in [0.717, 1.165) is 0 Å². The molecule has 0 unspecified atom stereocenters. The van der Waals surface area contributed by atoms with E-state index >= 15 is 0 Å². The smallest absolute Gasteiger partial charge is 0.343 e. The van der Waals surface area contributed by atoms with Gasteiger partial charge in [0, 0.05) is 11.8 Å². The Morgan fingerprint density at radius 3 is 2.63 bits per heavy atom. The van der Waals surface area contributed by atoms with E-state index in [4.69, 9.17) is 4.74 Å². The Hall–Kier alpha value is -2.43. The molecule has 0 N–H and O–H groups in total. The lowest BCUT2D eigenvalue weighted by Gasteiger charge is -2.08. The predicted molar refractivity (Wildman–Crippen MR) is 67.5 cm³/mol. The largest absolute Gasteiger partial charge is 0.480 e. The van der Waals surface area contributed by atoms with Crippen LogP contribution in [0.3, 0.4) is 0 Å². The fourth-order valence-electron chi connectivity index (χ4n) is 1.70. The summed E-state index contributed by atoms with van der Waals surface area (Å²) in [6, 6.07) is 7.60. The van der Waals surface area contributed by atoms with Crippen LogP contribution >= 0.6 is 0 Å². The minimum Gasteiger partial charge on any atom is -0.480 e. The van der Waals surface area contributed by atoms with Crippen LogP contribution in [0.4, 0.5) is 4.39 Å². The second-order valence-electron chi connectivity index (χ2n) is 3.78. The predicted octanol–water partition coefficient (Wildman–Crippen LogP) is 2.68. The molecule has 4 nitrogen and oxygen atoms in total. The number of methoxy groups -OCH3 is 2. The van der Waals surface area contributed by atoms with Crippen molar-refractivity contribution in [2.45, 2.75) is 0 Å². The van der Waals surface area contributed by atoms with Crippen LogP contribution in [0.1, 0.15) is 10.4 Å². The maximum Gasteiger partial charge on any atom is 0.343 e. The number of rotatable bonds is 3. The lowest BCUT2D eigenvalue weighted by molar-refractivity contribution is 0.0596. The van der Waals surface area contributed by atoms with E-state index < -0.39 is 5.97 Å². The number of benzene rings is 1. The quantitative estimate of drug-likeness (QED) is 0.797. The van der Waals surface area contributed by atoms with Crippen LogP contribution < -0.4 is 4.74 Å². The van der Waals surface area contributed by atoms with Gasteiger partial charge in [0.05, 0.1) is 14.2 Å². The standard InChI is InChI=1S/C14H12FNO3/c1-18-13-12(14(17)19-2)7-10(8-16-13)9-4-3-5-11(15)6-9/h3-8H,1-2H3. The lowest BCUT2D eigenvalue weighted by Crippen LogP contribution is -2.05. The summed E-state index contributed by atoms with van der Waals surface area (Å²) in [5, 5.41) is 0. The fraction of sp³-hybridized carbons (Fsp3) is 0.143. The normalized spacial score (nSPS) is 10.1. The Labute approximate surface area is 109 Å². The SMILES string of the molecule is COC(=O)c1cc(-c2cccc(F)c2)cnc1OC. The Morgan fingerprint density at radius 1 is 1.21 bits per heavy atom. The Bertz CT molecular complexity index is 613. The van der Waals surface area contributed by atoms with Crippen LogP contribution in [0.2, 0.25) is 0 Å². The molecule has 0 atom stereocenters. The first kappa shape index (κ1) is 13.0. The molecule has 0 bridgehead atoms. The van der Waals surface area contributed by atoms with Crippen molar-refractivity contribution in [3.63, 3.8) is 0 Å². The monoisotopic (exact) mass is 261 g/mol. The molecule has 98 valence electrons. The first-order valence-corrected chi connectivity index (χ1v) is 5.54. The van der Waals surface area contributed by atoms with E-state index in [-0.39, 0.29) is 17.3 Å². The van der Waals surface area contributed by atoms with Gasteiger partial charge in [-0.2, -0.15) is 0 Å². The molecule has 0 spiro atoms. The van der Waals surface area contributed by atoms with Crippen LogP contribution in [0.5, 0.6) is 5.88 Å². The summed E-state index contributed by atoms with van der Waals surface area (Å²) in [6.07, 6.45) is 1.51. The molecule has 2 aromatic rings. The first-order chi connectivity index (χ1) is 9.15. The molecule has 5 heteroatoms. The molecule has 1 aromatic heterocycles. The molecule has 0 aliphatic carbocycles. The van der Waals surface area contributed by atoms with Gasteiger partial charge in [0.15, 0.2) is 0 Å². The van der Waals surface area contributed by atoms with Crippen molar-refractivity contribution >= 4 is 5.97 Å². The molecule has 0 amide bonds. The van der Waals surface area contributed by atoms with E-state index in [1.54, 1.807) is 18.2 Å². The van der Waals surface area contributed by atoms with Crippen molar-refractivity contribution in [3.05, 3.63) is 47.9 Å². The van der Waals surface area contributed by atoms with Crippen molar-refractivity contribution in [2.75, 3.05) is 14.2 Å². The van der Waals surface area contributed by atoms with Crippen LogP contribution in [0.15, 0.2) is 36.5 Å². The van der Waals surface area contributed by atoms with Gasteiger partial charge in [0.1, 0.15) is 11.4 Å². The second kappa shape index (κ2) is 5.48. The number of halogens is 1. The molecule has 0 fully saturated rings. The molecule has 19 heavy (non-hydrogen) atoms. The van der Waals surface area contributed by atoms with Crippen molar-refractivity contribution in [1.29, 1.82) is 0 Å².